The van der Waals surface area contributed by atoms with E-state index in [-0.39, 0.29) is 11.8 Å². The van der Waals surface area contributed by atoms with Crippen molar-refractivity contribution in [3.8, 4) is 23.0 Å². The van der Waals surface area contributed by atoms with Gasteiger partial charge in [0, 0.05) is 34.8 Å². The molecule has 208 valence electrons. The van der Waals surface area contributed by atoms with Crippen LogP contribution in [-0.4, -0.2) is 74.9 Å². The number of H-pyrrole nitrogens is 1. The number of methoxy groups -OCH3 is 5. The quantitative estimate of drug-likeness (QED) is 0.273. The maximum atomic E-state index is 14.0. The summed E-state index contributed by atoms with van der Waals surface area (Å²) < 4.78 is 27.1. The SMILES string of the molecule is COC(=O)[C@]1(C)Nc2c(OC)cc3c(c2[C@@H]1O)[C@H](CBr)CN3C(=O)c1cc2cc(OC)c(OC)c(OC)c2[nH]1. The molecule has 0 bridgehead atoms. The van der Waals surface area contributed by atoms with Crippen LogP contribution in [0.15, 0.2) is 18.2 Å². The number of aromatic nitrogens is 1. The van der Waals surface area contributed by atoms with Gasteiger partial charge in [-0.3, -0.25) is 4.79 Å². The molecule has 3 N–H and O–H groups in total. The first-order valence-corrected chi connectivity index (χ1v) is 13.3. The Kier molecular flexibility index (Phi) is 6.79. The second kappa shape index (κ2) is 9.83. The smallest absolute Gasteiger partial charge is 0.334 e. The minimum absolute atomic E-state index is 0.154. The van der Waals surface area contributed by atoms with Gasteiger partial charge in [0.2, 0.25) is 5.75 Å². The van der Waals surface area contributed by atoms with Gasteiger partial charge >= 0.3 is 5.97 Å². The lowest BCUT2D eigenvalue weighted by Crippen LogP contribution is -2.45. The number of esters is 1. The Labute approximate surface area is 233 Å². The fourth-order valence-electron chi connectivity index (χ4n) is 5.63. The highest BCUT2D eigenvalue weighted by atomic mass is 79.9. The van der Waals surface area contributed by atoms with Crippen LogP contribution < -0.4 is 29.2 Å². The number of aliphatic hydroxyl groups excluding tert-OH is 1. The van der Waals surface area contributed by atoms with Gasteiger partial charge in [-0.1, -0.05) is 15.9 Å². The standard InChI is InChI=1S/C27H30BrN3O8/c1-27(26(34)39-6)24(32)19-18-13(10-28)11-31(15(18)9-16(35-2)21(19)30-27)25(33)14-7-12-8-17(36-3)22(37-4)23(38-5)20(12)29-14/h7-9,13,24,29-30,32H,10-11H2,1-6H3/t13-,24+,27-/m1/s1. The Morgan fingerprint density at radius 3 is 2.31 bits per heavy atom. The van der Waals surface area contributed by atoms with E-state index in [2.05, 4.69) is 26.2 Å². The number of nitrogens with zero attached hydrogens (tertiary/aromatic N) is 1. The zero-order chi connectivity index (χ0) is 28.2. The Bertz CT molecular complexity index is 1490. The van der Waals surface area contributed by atoms with E-state index in [1.807, 2.05) is 0 Å². The number of carbonyl (C=O) groups is 2. The Balaban J connectivity index is 1.64. The monoisotopic (exact) mass is 603 g/mol. The van der Waals surface area contributed by atoms with Gasteiger partial charge in [0.25, 0.3) is 5.91 Å². The number of rotatable bonds is 7. The fourth-order valence-corrected chi connectivity index (χ4v) is 6.16. The predicted octanol–water partition coefficient (Wildman–Crippen LogP) is 3.73. The zero-order valence-corrected chi connectivity index (χ0v) is 24.0. The van der Waals surface area contributed by atoms with E-state index in [0.717, 1.165) is 5.56 Å². The summed E-state index contributed by atoms with van der Waals surface area (Å²) in [7, 11) is 7.34. The first-order valence-electron chi connectivity index (χ1n) is 12.2. The average Bonchev–Trinajstić information content (AvgIpc) is 3.62. The minimum atomic E-state index is -1.42. The van der Waals surface area contributed by atoms with Crippen molar-refractivity contribution in [1.82, 2.24) is 4.98 Å². The van der Waals surface area contributed by atoms with Crippen LogP contribution in [-0.2, 0) is 9.53 Å². The Morgan fingerprint density at radius 2 is 1.72 bits per heavy atom. The van der Waals surface area contributed by atoms with Crippen LogP contribution in [0, 0.1) is 0 Å². The van der Waals surface area contributed by atoms with Crippen LogP contribution in [0.25, 0.3) is 10.9 Å². The third-order valence-corrected chi connectivity index (χ3v) is 8.35. The van der Waals surface area contributed by atoms with Crippen molar-refractivity contribution in [2.75, 3.05) is 57.6 Å². The van der Waals surface area contributed by atoms with Crippen LogP contribution in [0.1, 0.15) is 40.6 Å². The van der Waals surface area contributed by atoms with E-state index in [1.54, 1.807) is 30.0 Å². The largest absolute Gasteiger partial charge is 0.494 e. The molecule has 1 aromatic heterocycles. The molecular weight excluding hydrogens is 574 g/mol. The lowest BCUT2D eigenvalue weighted by Gasteiger charge is -2.26. The van der Waals surface area contributed by atoms with Crippen molar-refractivity contribution in [2.24, 2.45) is 0 Å². The molecule has 39 heavy (non-hydrogen) atoms. The number of aromatic amines is 1. The molecule has 3 atom stereocenters. The molecule has 3 aromatic rings. The summed E-state index contributed by atoms with van der Waals surface area (Å²) in [5, 5.41) is 15.8. The third kappa shape index (κ3) is 3.80. The fraction of sp³-hybridized carbons (Fsp3) is 0.407. The Morgan fingerprint density at radius 1 is 1.03 bits per heavy atom. The number of hydrogen-bond acceptors (Lipinski definition) is 9. The normalized spacial score (nSPS) is 21.3. The summed E-state index contributed by atoms with van der Waals surface area (Å²) in [6.07, 6.45) is -1.22. The molecule has 2 aliphatic rings. The maximum absolute atomic E-state index is 14.0. The molecule has 11 nitrogen and oxygen atoms in total. The van der Waals surface area contributed by atoms with Crippen molar-refractivity contribution in [2.45, 2.75) is 24.5 Å². The maximum Gasteiger partial charge on any atom is 0.334 e. The average molecular weight is 604 g/mol. The number of carbonyl (C=O) groups excluding carboxylic acids is 2. The highest BCUT2D eigenvalue weighted by Gasteiger charge is 2.53. The van der Waals surface area contributed by atoms with E-state index >= 15 is 0 Å². The highest BCUT2D eigenvalue weighted by molar-refractivity contribution is 9.09. The van der Waals surface area contributed by atoms with Crippen LogP contribution in [0.3, 0.4) is 0 Å². The lowest BCUT2D eigenvalue weighted by atomic mass is 9.88. The van der Waals surface area contributed by atoms with Gasteiger partial charge in [0.15, 0.2) is 17.0 Å². The number of fused-ring (bicyclic) bond motifs is 4. The minimum Gasteiger partial charge on any atom is -0.494 e. The van der Waals surface area contributed by atoms with Gasteiger partial charge < -0.3 is 44.0 Å². The molecule has 0 radical (unpaired) electrons. The predicted molar refractivity (Wildman–Crippen MR) is 148 cm³/mol. The molecule has 5 rings (SSSR count). The van der Waals surface area contributed by atoms with Crippen molar-refractivity contribution in [3.63, 3.8) is 0 Å². The third-order valence-electron chi connectivity index (χ3n) is 7.57. The van der Waals surface area contributed by atoms with E-state index < -0.39 is 17.6 Å². The summed E-state index contributed by atoms with van der Waals surface area (Å²) in [4.78, 5) is 31.5. The number of ether oxygens (including phenoxy) is 5. The highest BCUT2D eigenvalue weighted by Crippen LogP contribution is 2.55. The molecule has 2 aromatic carbocycles. The molecule has 0 fully saturated rings. The Hall–Kier alpha value is -3.64. The molecule has 0 aliphatic carbocycles. The van der Waals surface area contributed by atoms with E-state index in [9.17, 15) is 14.7 Å². The lowest BCUT2D eigenvalue weighted by molar-refractivity contribution is -0.149. The number of alkyl halides is 1. The van der Waals surface area contributed by atoms with Crippen molar-refractivity contribution >= 4 is 50.1 Å². The number of aliphatic hydroxyl groups is 1. The van der Waals surface area contributed by atoms with Gasteiger partial charge in [-0.05, 0) is 24.6 Å². The number of anilines is 2. The summed E-state index contributed by atoms with van der Waals surface area (Å²) in [5.74, 6) is 0.656. The van der Waals surface area contributed by atoms with E-state index in [1.165, 1.54) is 35.5 Å². The van der Waals surface area contributed by atoms with Gasteiger partial charge in [0.1, 0.15) is 17.5 Å². The number of amides is 1. The second-order valence-electron chi connectivity index (χ2n) is 9.58. The number of benzene rings is 2. The molecule has 12 heteroatoms. The van der Waals surface area contributed by atoms with Crippen molar-refractivity contribution in [3.05, 3.63) is 35.0 Å². The molecule has 1 amide bonds. The number of halogens is 1. The molecule has 0 spiro atoms. The molecular formula is C27H30BrN3O8. The summed E-state index contributed by atoms with van der Waals surface area (Å²) in [5.41, 5.74) is 1.89. The molecule has 3 heterocycles. The van der Waals surface area contributed by atoms with Crippen LogP contribution in [0.4, 0.5) is 11.4 Å². The van der Waals surface area contributed by atoms with Gasteiger partial charge in [-0.2, -0.15) is 0 Å². The van der Waals surface area contributed by atoms with Crippen LogP contribution in [0.2, 0.25) is 0 Å². The molecule has 0 saturated carbocycles. The van der Waals surface area contributed by atoms with E-state index in [4.69, 9.17) is 23.7 Å². The van der Waals surface area contributed by atoms with Gasteiger partial charge in [-0.25, -0.2) is 4.79 Å². The van der Waals surface area contributed by atoms with Crippen LogP contribution in [0.5, 0.6) is 23.0 Å². The number of nitrogens with one attached hydrogen (secondary N) is 2. The first-order chi connectivity index (χ1) is 18.7. The van der Waals surface area contributed by atoms with Crippen molar-refractivity contribution in [1.29, 1.82) is 0 Å². The summed E-state index contributed by atoms with van der Waals surface area (Å²) >= 11 is 3.58. The van der Waals surface area contributed by atoms with Gasteiger partial charge in [0.05, 0.1) is 52.4 Å². The number of hydrogen-bond donors (Lipinski definition) is 3. The molecule has 0 saturated heterocycles. The summed E-state index contributed by atoms with van der Waals surface area (Å²) in [6.45, 7) is 1.93. The molecule has 0 unspecified atom stereocenters. The molecule has 2 aliphatic heterocycles. The van der Waals surface area contributed by atoms with Crippen LogP contribution >= 0.6 is 15.9 Å². The van der Waals surface area contributed by atoms with Crippen molar-refractivity contribution < 1.29 is 38.4 Å². The van der Waals surface area contributed by atoms with Gasteiger partial charge in [-0.15, -0.1) is 0 Å². The zero-order valence-electron chi connectivity index (χ0n) is 22.4. The first kappa shape index (κ1) is 26.9. The second-order valence-corrected chi connectivity index (χ2v) is 10.2. The summed E-state index contributed by atoms with van der Waals surface area (Å²) in [6, 6.07) is 5.26. The topological polar surface area (TPSA) is 132 Å². The van der Waals surface area contributed by atoms with E-state index in [0.29, 0.717) is 68.4 Å².